The molecule has 0 amide bonds. The number of aromatic nitrogens is 2. The lowest BCUT2D eigenvalue weighted by Crippen LogP contribution is -2.43. The molecule has 4 nitrogen and oxygen atoms in total. The number of ether oxygens (including phenoxy) is 1. The third-order valence-electron chi connectivity index (χ3n) is 3.48. The Hall–Kier alpha value is -0.870. The molecule has 19 heavy (non-hydrogen) atoms. The van der Waals surface area contributed by atoms with Crippen molar-refractivity contribution in [1.29, 1.82) is 0 Å². The average molecular weight is 267 g/mol. The maximum absolute atomic E-state index is 5.61. The largest absolute Gasteiger partial charge is 0.380 e. The van der Waals surface area contributed by atoms with Crippen molar-refractivity contribution in [2.45, 2.75) is 65.1 Å². The minimum absolute atomic E-state index is 0.248. The molecule has 1 rings (SSSR count). The number of hydrogen-bond acceptors (Lipinski definition) is 3. The predicted molar refractivity (Wildman–Crippen MR) is 79.4 cm³/mol. The molecule has 4 heteroatoms. The van der Waals surface area contributed by atoms with Crippen LogP contribution in [-0.4, -0.2) is 35.4 Å². The second-order valence-electron chi connectivity index (χ2n) is 4.98. The van der Waals surface area contributed by atoms with Gasteiger partial charge in [0.15, 0.2) is 0 Å². The summed E-state index contributed by atoms with van der Waals surface area (Å²) in [6.07, 6.45) is 8.45. The zero-order valence-electron chi connectivity index (χ0n) is 12.9. The van der Waals surface area contributed by atoms with E-state index < -0.39 is 0 Å². The van der Waals surface area contributed by atoms with Crippen LogP contribution in [0.5, 0.6) is 0 Å². The highest BCUT2D eigenvalue weighted by molar-refractivity contribution is 4.97. The van der Waals surface area contributed by atoms with E-state index in [9.17, 15) is 0 Å². The first-order chi connectivity index (χ1) is 9.26. The van der Waals surface area contributed by atoms with Gasteiger partial charge < -0.3 is 14.6 Å². The number of rotatable bonds is 10. The van der Waals surface area contributed by atoms with E-state index in [1.807, 2.05) is 6.20 Å². The molecule has 0 bridgehead atoms. The molecule has 1 N–H and O–H groups in total. The fourth-order valence-electron chi connectivity index (χ4n) is 2.45. The van der Waals surface area contributed by atoms with Gasteiger partial charge in [-0.1, -0.05) is 20.8 Å². The van der Waals surface area contributed by atoms with Gasteiger partial charge in [-0.05, 0) is 25.8 Å². The van der Waals surface area contributed by atoms with Crippen LogP contribution in [0.3, 0.4) is 0 Å². The van der Waals surface area contributed by atoms with Crippen LogP contribution in [0.4, 0.5) is 0 Å². The lowest BCUT2D eigenvalue weighted by atomic mass is 10.0. The minimum atomic E-state index is 0.248. The summed E-state index contributed by atoms with van der Waals surface area (Å²) in [6, 6.07) is 0.341. The van der Waals surface area contributed by atoms with Crippen LogP contribution < -0.4 is 5.32 Å². The fraction of sp³-hybridized carbons (Fsp3) is 0.800. The Morgan fingerprint density at radius 1 is 1.32 bits per heavy atom. The first-order valence-electron chi connectivity index (χ1n) is 7.52. The number of imidazole rings is 1. The molecule has 0 fully saturated rings. The molecule has 1 heterocycles. The highest BCUT2D eigenvalue weighted by Gasteiger charge is 2.21. The van der Waals surface area contributed by atoms with Gasteiger partial charge in [0.2, 0.25) is 0 Å². The molecule has 0 spiro atoms. The number of hydrogen-bond donors (Lipinski definition) is 1. The van der Waals surface area contributed by atoms with Gasteiger partial charge in [0.05, 0.1) is 6.10 Å². The fourth-order valence-corrected chi connectivity index (χ4v) is 2.45. The molecule has 0 aliphatic rings. The topological polar surface area (TPSA) is 39.1 Å². The second-order valence-corrected chi connectivity index (χ2v) is 4.98. The van der Waals surface area contributed by atoms with Crippen LogP contribution >= 0.6 is 0 Å². The van der Waals surface area contributed by atoms with Crippen molar-refractivity contribution >= 4 is 0 Å². The SMILES string of the molecule is CCCNC(Cc1nccn1CCC)C(CC)OC. The van der Waals surface area contributed by atoms with Gasteiger partial charge >= 0.3 is 0 Å². The van der Waals surface area contributed by atoms with E-state index in [0.717, 1.165) is 44.6 Å². The van der Waals surface area contributed by atoms with E-state index in [1.54, 1.807) is 7.11 Å². The highest BCUT2D eigenvalue weighted by Crippen LogP contribution is 2.11. The zero-order valence-corrected chi connectivity index (χ0v) is 12.9. The van der Waals surface area contributed by atoms with E-state index in [-0.39, 0.29) is 6.10 Å². The van der Waals surface area contributed by atoms with Crippen LogP contribution in [-0.2, 0) is 17.7 Å². The van der Waals surface area contributed by atoms with Gasteiger partial charge in [0, 0.05) is 38.5 Å². The molecule has 1 aromatic heterocycles. The first kappa shape index (κ1) is 16.2. The zero-order chi connectivity index (χ0) is 14.1. The van der Waals surface area contributed by atoms with E-state index in [1.165, 1.54) is 0 Å². The van der Waals surface area contributed by atoms with Crippen LogP contribution in [0, 0.1) is 0 Å². The first-order valence-corrected chi connectivity index (χ1v) is 7.52. The smallest absolute Gasteiger partial charge is 0.110 e. The van der Waals surface area contributed by atoms with Gasteiger partial charge in [-0.2, -0.15) is 0 Å². The quantitative estimate of drug-likeness (QED) is 0.708. The summed E-state index contributed by atoms with van der Waals surface area (Å²) in [7, 11) is 1.80. The van der Waals surface area contributed by atoms with Crippen LogP contribution in [0.1, 0.15) is 45.9 Å². The molecule has 0 saturated carbocycles. The van der Waals surface area contributed by atoms with Gasteiger partial charge in [-0.3, -0.25) is 0 Å². The van der Waals surface area contributed by atoms with Gasteiger partial charge in [-0.25, -0.2) is 4.98 Å². The van der Waals surface area contributed by atoms with Crippen molar-refractivity contribution in [2.24, 2.45) is 0 Å². The van der Waals surface area contributed by atoms with Crippen molar-refractivity contribution in [2.75, 3.05) is 13.7 Å². The van der Waals surface area contributed by atoms with E-state index >= 15 is 0 Å². The normalized spacial score (nSPS) is 14.5. The minimum Gasteiger partial charge on any atom is -0.380 e. The third-order valence-corrected chi connectivity index (χ3v) is 3.48. The summed E-state index contributed by atoms with van der Waals surface area (Å²) in [5.41, 5.74) is 0. The van der Waals surface area contributed by atoms with Crippen LogP contribution in [0.25, 0.3) is 0 Å². The maximum Gasteiger partial charge on any atom is 0.110 e. The lowest BCUT2D eigenvalue weighted by Gasteiger charge is -2.26. The Morgan fingerprint density at radius 3 is 2.68 bits per heavy atom. The molecular formula is C15H29N3O. The number of nitrogens with zero attached hydrogens (tertiary/aromatic N) is 2. The van der Waals surface area contributed by atoms with E-state index in [0.29, 0.717) is 6.04 Å². The number of methoxy groups -OCH3 is 1. The summed E-state index contributed by atoms with van der Waals surface area (Å²) < 4.78 is 7.86. The molecule has 110 valence electrons. The average Bonchev–Trinajstić information content (AvgIpc) is 2.85. The van der Waals surface area contributed by atoms with Gasteiger partial charge in [-0.15, -0.1) is 0 Å². The summed E-state index contributed by atoms with van der Waals surface area (Å²) in [6.45, 7) is 8.63. The Morgan fingerprint density at radius 2 is 2.11 bits per heavy atom. The summed E-state index contributed by atoms with van der Waals surface area (Å²) in [5.74, 6) is 1.16. The monoisotopic (exact) mass is 267 g/mol. The standard InChI is InChI=1S/C15H29N3O/c1-5-8-16-13(14(7-3)19-4)12-15-17-9-11-18(15)10-6-2/h9,11,13-14,16H,5-8,10,12H2,1-4H3. The lowest BCUT2D eigenvalue weighted by molar-refractivity contribution is 0.0644. The summed E-state index contributed by atoms with van der Waals surface area (Å²) in [4.78, 5) is 4.50. The van der Waals surface area contributed by atoms with Crippen LogP contribution in [0.15, 0.2) is 12.4 Å². The number of aryl methyl sites for hydroxylation is 1. The van der Waals surface area contributed by atoms with Crippen molar-refractivity contribution in [1.82, 2.24) is 14.9 Å². The van der Waals surface area contributed by atoms with Gasteiger partial charge in [0.25, 0.3) is 0 Å². The molecule has 2 atom stereocenters. The van der Waals surface area contributed by atoms with Crippen molar-refractivity contribution < 1.29 is 4.74 Å². The molecule has 0 aliphatic carbocycles. The van der Waals surface area contributed by atoms with Gasteiger partial charge in [0.1, 0.15) is 5.82 Å². The molecular weight excluding hydrogens is 238 g/mol. The molecule has 0 aromatic carbocycles. The summed E-state index contributed by atoms with van der Waals surface area (Å²) in [5, 5.41) is 3.60. The molecule has 0 saturated heterocycles. The van der Waals surface area contributed by atoms with Crippen molar-refractivity contribution in [3.8, 4) is 0 Å². The van der Waals surface area contributed by atoms with E-state index in [2.05, 4.69) is 41.8 Å². The van der Waals surface area contributed by atoms with Crippen molar-refractivity contribution in [3.05, 3.63) is 18.2 Å². The number of nitrogens with one attached hydrogen (secondary N) is 1. The highest BCUT2D eigenvalue weighted by atomic mass is 16.5. The predicted octanol–water partition coefficient (Wildman–Crippen LogP) is 2.63. The second kappa shape index (κ2) is 9.10. The maximum atomic E-state index is 5.61. The molecule has 1 aromatic rings. The van der Waals surface area contributed by atoms with Crippen molar-refractivity contribution in [3.63, 3.8) is 0 Å². The molecule has 0 aliphatic heterocycles. The molecule has 0 radical (unpaired) electrons. The Bertz CT molecular complexity index is 334. The molecule has 2 unspecified atom stereocenters. The Labute approximate surface area is 117 Å². The summed E-state index contributed by atoms with van der Waals surface area (Å²) >= 11 is 0. The third kappa shape index (κ3) is 4.96. The Kier molecular flexibility index (Phi) is 7.75. The van der Waals surface area contributed by atoms with E-state index in [4.69, 9.17) is 4.74 Å². The van der Waals surface area contributed by atoms with Crippen LogP contribution in [0.2, 0.25) is 0 Å². The Balaban J connectivity index is 2.71.